The van der Waals surface area contributed by atoms with Crippen LogP contribution in [-0.2, 0) is 11.8 Å². The van der Waals surface area contributed by atoms with Crippen LogP contribution in [-0.4, -0.2) is 26.7 Å². The van der Waals surface area contributed by atoms with Gasteiger partial charge in [-0.15, -0.1) is 12.4 Å². The largest absolute Gasteiger partial charge is 0.320 e. The number of amides is 1. The van der Waals surface area contributed by atoms with Crippen molar-refractivity contribution in [2.75, 3.05) is 5.32 Å². The average molecular weight is 248 g/mol. The zero-order valence-electron chi connectivity index (χ0n) is 9.67. The summed E-state index contributed by atoms with van der Waals surface area (Å²) < 4.78 is 1.49. The van der Waals surface area contributed by atoms with E-state index < -0.39 is 6.04 Å². The van der Waals surface area contributed by atoms with E-state index in [0.717, 1.165) is 6.42 Å². The minimum atomic E-state index is -0.508. The highest BCUT2D eigenvalue weighted by Crippen LogP contribution is 2.07. The van der Waals surface area contributed by atoms with E-state index in [1.54, 1.807) is 7.05 Å². The van der Waals surface area contributed by atoms with Crippen LogP contribution in [0.3, 0.4) is 0 Å². The summed E-state index contributed by atoms with van der Waals surface area (Å²) in [6, 6.07) is -0.508. The number of carbonyl (C=O) groups is 1. The number of anilines is 1. The summed E-state index contributed by atoms with van der Waals surface area (Å²) in [5, 5.41) is 6.47. The molecular weight excluding hydrogens is 230 g/mol. The predicted octanol–water partition coefficient (Wildman–Crippen LogP) is 0.549. The summed E-state index contributed by atoms with van der Waals surface area (Å²) in [6.07, 6.45) is 2.25. The number of aryl methyl sites for hydroxylation is 1. The van der Waals surface area contributed by atoms with Gasteiger partial charge in [0.2, 0.25) is 11.9 Å². The molecule has 92 valence electrons. The highest BCUT2D eigenvalue weighted by atomic mass is 35.5. The maximum atomic E-state index is 11.6. The van der Waals surface area contributed by atoms with E-state index in [9.17, 15) is 4.79 Å². The highest BCUT2D eigenvalue weighted by Gasteiger charge is 2.20. The van der Waals surface area contributed by atoms with Gasteiger partial charge >= 0.3 is 0 Å². The van der Waals surface area contributed by atoms with Crippen molar-refractivity contribution in [1.82, 2.24) is 14.8 Å². The quantitative estimate of drug-likeness (QED) is 0.814. The van der Waals surface area contributed by atoms with Gasteiger partial charge in [-0.1, -0.05) is 20.3 Å². The van der Waals surface area contributed by atoms with Crippen LogP contribution in [0.4, 0.5) is 5.95 Å². The standard InChI is InChI=1S/C9H17N5O.ClH/c1-4-6(2)7(10)8(15)13-9-11-5-12-14(9)3;/h5-7H,4,10H2,1-3H3,(H,11,12,13,15);1H. The average Bonchev–Trinajstić information content (AvgIpc) is 2.62. The molecule has 1 amide bonds. The molecule has 0 bridgehead atoms. The third-order valence-corrected chi connectivity index (χ3v) is 2.51. The molecule has 0 saturated heterocycles. The van der Waals surface area contributed by atoms with E-state index in [1.807, 2.05) is 13.8 Å². The molecule has 0 aliphatic rings. The van der Waals surface area contributed by atoms with Gasteiger partial charge in [0, 0.05) is 7.05 Å². The Morgan fingerprint density at radius 2 is 2.31 bits per heavy atom. The zero-order valence-corrected chi connectivity index (χ0v) is 10.5. The first-order valence-corrected chi connectivity index (χ1v) is 4.96. The van der Waals surface area contributed by atoms with E-state index in [4.69, 9.17) is 5.73 Å². The summed E-state index contributed by atoms with van der Waals surface area (Å²) in [5.41, 5.74) is 5.77. The molecule has 1 aromatic rings. The van der Waals surface area contributed by atoms with Crippen LogP contribution >= 0.6 is 12.4 Å². The molecule has 2 unspecified atom stereocenters. The second kappa shape index (κ2) is 6.44. The van der Waals surface area contributed by atoms with Crippen LogP contribution in [0.15, 0.2) is 6.33 Å². The minimum absolute atomic E-state index is 0. The Labute approximate surface area is 101 Å². The fourth-order valence-electron chi connectivity index (χ4n) is 1.12. The zero-order chi connectivity index (χ0) is 11.4. The Morgan fingerprint density at radius 1 is 1.69 bits per heavy atom. The molecule has 7 heteroatoms. The summed E-state index contributed by atoms with van der Waals surface area (Å²) in [7, 11) is 1.71. The van der Waals surface area contributed by atoms with E-state index >= 15 is 0 Å². The Kier molecular flexibility index (Phi) is 5.98. The van der Waals surface area contributed by atoms with E-state index in [1.165, 1.54) is 11.0 Å². The number of hydrogen-bond acceptors (Lipinski definition) is 4. The van der Waals surface area contributed by atoms with Crippen molar-refractivity contribution in [2.45, 2.75) is 26.3 Å². The topological polar surface area (TPSA) is 85.8 Å². The number of nitrogens with one attached hydrogen (secondary N) is 1. The number of carbonyl (C=O) groups excluding carboxylic acids is 1. The normalized spacial score (nSPS) is 13.8. The fraction of sp³-hybridized carbons (Fsp3) is 0.667. The van der Waals surface area contributed by atoms with Gasteiger partial charge in [-0.2, -0.15) is 10.1 Å². The van der Waals surface area contributed by atoms with Crippen molar-refractivity contribution in [3.05, 3.63) is 6.33 Å². The van der Waals surface area contributed by atoms with E-state index in [2.05, 4.69) is 15.4 Å². The molecule has 0 saturated carbocycles. The molecule has 1 aromatic heterocycles. The maximum Gasteiger partial charge on any atom is 0.243 e. The van der Waals surface area contributed by atoms with Crippen molar-refractivity contribution < 1.29 is 4.79 Å². The van der Waals surface area contributed by atoms with Crippen LogP contribution in [0.5, 0.6) is 0 Å². The molecule has 3 N–H and O–H groups in total. The first-order valence-electron chi connectivity index (χ1n) is 4.96. The van der Waals surface area contributed by atoms with Crippen molar-refractivity contribution in [1.29, 1.82) is 0 Å². The molecule has 2 atom stereocenters. The molecule has 16 heavy (non-hydrogen) atoms. The SMILES string of the molecule is CCC(C)C(N)C(=O)Nc1ncnn1C.Cl. The van der Waals surface area contributed by atoms with E-state index in [0.29, 0.717) is 5.95 Å². The highest BCUT2D eigenvalue weighted by molar-refractivity contribution is 5.93. The van der Waals surface area contributed by atoms with Crippen molar-refractivity contribution >= 4 is 24.3 Å². The van der Waals surface area contributed by atoms with Crippen LogP contribution in [0, 0.1) is 5.92 Å². The summed E-state index contributed by atoms with van der Waals surface area (Å²) in [6.45, 7) is 3.95. The van der Waals surface area contributed by atoms with Gasteiger partial charge in [0.15, 0.2) is 0 Å². The van der Waals surface area contributed by atoms with Crippen LogP contribution in [0.2, 0.25) is 0 Å². The molecule has 1 heterocycles. The first kappa shape index (κ1) is 14.9. The first-order chi connectivity index (χ1) is 7.06. The molecule has 0 fully saturated rings. The molecule has 0 aromatic carbocycles. The monoisotopic (exact) mass is 247 g/mol. The Balaban J connectivity index is 0.00000225. The second-order valence-corrected chi connectivity index (χ2v) is 3.61. The van der Waals surface area contributed by atoms with Crippen LogP contribution in [0.25, 0.3) is 0 Å². The molecular formula is C9H18ClN5O. The van der Waals surface area contributed by atoms with Gasteiger partial charge in [0.1, 0.15) is 6.33 Å². The molecule has 0 aliphatic heterocycles. The lowest BCUT2D eigenvalue weighted by Gasteiger charge is -2.16. The molecule has 0 spiro atoms. The minimum Gasteiger partial charge on any atom is -0.320 e. The van der Waals surface area contributed by atoms with Gasteiger partial charge in [-0.3, -0.25) is 10.1 Å². The number of rotatable bonds is 4. The molecule has 0 radical (unpaired) electrons. The van der Waals surface area contributed by atoms with Crippen LogP contribution < -0.4 is 11.1 Å². The number of nitrogens with two attached hydrogens (primary N) is 1. The van der Waals surface area contributed by atoms with Crippen LogP contribution in [0.1, 0.15) is 20.3 Å². The lowest BCUT2D eigenvalue weighted by Crippen LogP contribution is -2.41. The molecule has 6 nitrogen and oxygen atoms in total. The predicted molar refractivity (Wildman–Crippen MR) is 64.3 cm³/mol. The Morgan fingerprint density at radius 3 is 2.75 bits per heavy atom. The van der Waals surface area contributed by atoms with Gasteiger partial charge in [0.25, 0.3) is 0 Å². The Hall–Kier alpha value is -1.14. The van der Waals surface area contributed by atoms with Gasteiger partial charge < -0.3 is 5.73 Å². The second-order valence-electron chi connectivity index (χ2n) is 3.61. The molecule has 1 rings (SSSR count). The van der Waals surface area contributed by atoms with Crippen molar-refractivity contribution in [3.8, 4) is 0 Å². The summed E-state index contributed by atoms with van der Waals surface area (Å²) >= 11 is 0. The molecule has 0 aliphatic carbocycles. The van der Waals surface area contributed by atoms with Gasteiger partial charge in [0.05, 0.1) is 6.04 Å². The van der Waals surface area contributed by atoms with Crippen molar-refractivity contribution in [3.63, 3.8) is 0 Å². The fourth-order valence-corrected chi connectivity index (χ4v) is 1.12. The smallest absolute Gasteiger partial charge is 0.243 e. The van der Waals surface area contributed by atoms with E-state index in [-0.39, 0.29) is 24.2 Å². The summed E-state index contributed by atoms with van der Waals surface area (Å²) in [4.78, 5) is 15.5. The van der Waals surface area contributed by atoms with Gasteiger partial charge in [-0.25, -0.2) is 4.68 Å². The van der Waals surface area contributed by atoms with Gasteiger partial charge in [-0.05, 0) is 5.92 Å². The third kappa shape index (κ3) is 3.46. The number of nitrogens with zero attached hydrogens (tertiary/aromatic N) is 3. The third-order valence-electron chi connectivity index (χ3n) is 2.51. The van der Waals surface area contributed by atoms with Crippen molar-refractivity contribution in [2.24, 2.45) is 18.7 Å². The Bertz CT molecular complexity index is 340. The number of aromatic nitrogens is 3. The lowest BCUT2D eigenvalue weighted by molar-refractivity contribution is -0.118. The number of halogens is 1. The summed E-state index contributed by atoms with van der Waals surface area (Å²) in [5.74, 6) is 0.345. The maximum absolute atomic E-state index is 11.6. The lowest BCUT2D eigenvalue weighted by atomic mass is 10.00. The number of hydrogen-bond donors (Lipinski definition) is 2.